The highest BCUT2D eigenvalue weighted by atomic mass is 16.3. The Morgan fingerprint density at radius 3 is 2.40 bits per heavy atom. The third-order valence-electron chi connectivity index (χ3n) is 1.81. The average Bonchev–Trinajstić information content (AvgIpc) is 2.14. The lowest BCUT2D eigenvalue weighted by atomic mass is 10.1. The minimum absolute atomic E-state index is 0.0621. The topological polar surface area (TPSA) is 89.8 Å². The van der Waals surface area contributed by atoms with Crippen LogP contribution < -0.4 is 5.32 Å². The molecule has 0 saturated heterocycles. The van der Waals surface area contributed by atoms with Gasteiger partial charge in [-0.15, -0.1) is 0 Å². The number of benzene rings is 1. The predicted molar refractivity (Wildman–Crippen MR) is 53.8 cm³/mol. The second kappa shape index (κ2) is 4.65. The number of hydrogen-bond acceptors (Lipinski definition) is 4. The summed E-state index contributed by atoms with van der Waals surface area (Å²) in [6.07, 6.45) is -0.679. The number of phenolic OH excluding ortho intramolecular Hbond substituents is 2. The molecule has 1 aromatic carbocycles. The maximum Gasteiger partial charge on any atom is 0.258 e. The number of aliphatic hydroxyl groups is 1. The van der Waals surface area contributed by atoms with Gasteiger partial charge in [-0.1, -0.05) is 6.07 Å². The smallest absolute Gasteiger partial charge is 0.258 e. The summed E-state index contributed by atoms with van der Waals surface area (Å²) < 4.78 is 0. The van der Waals surface area contributed by atoms with Crippen molar-refractivity contribution in [3.63, 3.8) is 0 Å². The number of rotatable bonds is 3. The van der Waals surface area contributed by atoms with Gasteiger partial charge >= 0.3 is 0 Å². The van der Waals surface area contributed by atoms with Gasteiger partial charge in [0.05, 0.1) is 6.10 Å². The van der Waals surface area contributed by atoms with E-state index in [2.05, 4.69) is 5.32 Å². The van der Waals surface area contributed by atoms with Crippen LogP contribution in [0.15, 0.2) is 18.2 Å². The maximum atomic E-state index is 11.4. The predicted octanol–water partition coefficient (Wildman–Crippen LogP) is 0.208. The Hall–Kier alpha value is -1.75. The van der Waals surface area contributed by atoms with Crippen LogP contribution in [-0.2, 0) is 0 Å². The van der Waals surface area contributed by atoms with Crippen molar-refractivity contribution in [3.05, 3.63) is 23.8 Å². The molecule has 5 heteroatoms. The molecule has 0 heterocycles. The van der Waals surface area contributed by atoms with E-state index >= 15 is 0 Å². The van der Waals surface area contributed by atoms with Gasteiger partial charge in [-0.25, -0.2) is 0 Å². The van der Waals surface area contributed by atoms with Crippen LogP contribution in [0.2, 0.25) is 0 Å². The van der Waals surface area contributed by atoms with Gasteiger partial charge in [-0.2, -0.15) is 0 Å². The molecule has 0 unspecified atom stereocenters. The lowest BCUT2D eigenvalue weighted by Crippen LogP contribution is -2.30. The van der Waals surface area contributed by atoms with Gasteiger partial charge in [0.2, 0.25) is 0 Å². The number of amides is 1. The molecule has 4 N–H and O–H groups in total. The van der Waals surface area contributed by atoms with Crippen molar-refractivity contribution in [1.29, 1.82) is 0 Å². The van der Waals surface area contributed by atoms with Crippen LogP contribution in [0.25, 0.3) is 0 Å². The van der Waals surface area contributed by atoms with E-state index in [1.54, 1.807) is 0 Å². The fraction of sp³-hybridized carbons (Fsp3) is 0.300. The lowest BCUT2D eigenvalue weighted by molar-refractivity contribution is 0.0918. The van der Waals surface area contributed by atoms with Crippen LogP contribution in [0.5, 0.6) is 11.5 Å². The fourth-order valence-electron chi connectivity index (χ4n) is 1.09. The van der Waals surface area contributed by atoms with E-state index in [4.69, 9.17) is 5.11 Å². The van der Waals surface area contributed by atoms with Crippen LogP contribution in [0, 0.1) is 0 Å². The zero-order valence-electron chi connectivity index (χ0n) is 8.27. The molecule has 0 spiro atoms. The first-order valence-electron chi connectivity index (χ1n) is 4.49. The Balaban J connectivity index is 2.82. The van der Waals surface area contributed by atoms with Crippen molar-refractivity contribution in [2.45, 2.75) is 13.0 Å². The molecule has 1 aromatic rings. The second-order valence-electron chi connectivity index (χ2n) is 3.23. The number of aliphatic hydroxyl groups excluding tert-OH is 1. The minimum Gasteiger partial charge on any atom is -0.507 e. The number of carbonyl (C=O) groups excluding carboxylic acids is 1. The summed E-state index contributed by atoms with van der Waals surface area (Å²) >= 11 is 0. The highest BCUT2D eigenvalue weighted by Crippen LogP contribution is 2.25. The van der Waals surface area contributed by atoms with Crippen molar-refractivity contribution in [2.24, 2.45) is 0 Å². The summed E-state index contributed by atoms with van der Waals surface area (Å²) in [6.45, 7) is 1.58. The van der Waals surface area contributed by atoms with Gasteiger partial charge in [-0.05, 0) is 19.1 Å². The highest BCUT2D eigenvalue weighted by molar-refractivity contribution is 5.99. The van der Waals surface area contributed by atoms with Crippen LogP contribution in [0.3, 0.4) is 0 Å². The van der Waals surface area contributed by atoms with Crippen LogP contribution in [-0.4, -0.2) is 33.9 Å². The summed E-state index contributed by atoms with van der Waals surface area (Å²) in [5, 5.41) is 30.0. The molecule has 0 aliphatic carbocycles. The normalized spacial score (nSPS) is 12.1. The Morgan fingerprint density at radius 1 is 1.40 bits per heavy atom. The molecule has 0 aliphatic heterocycles. The number of nitrogens with one attached hydrogen (secondary N) is 1. The summed E-state index contributed by atoms with van der Waals surface area (Å²) in [5.41, 5.74) is -0.182. The molecule has 0 aliphatic rings. The van der Waals surface area contributed by atoms with Crippen LogP contribution in [0.4, 0.5) is 0 Å². The third-order valence-corrected chi connectivity index (χ3v) is 1.81. The molecule has 1 atom stereocenters. The van der Waals surface area contributed by atoms with Gasteiger partial charge in [0.1, 0.15) is 17.1 Å². The zero-order valence-corrected chi connectivity index (χ0v) is 8.27. The van der Waals surface area contributed by atoms with Crippen molar-refractivity contribution in [3.8, 4) is 11.5 Å². The first-order valence-corrected chi connectivity index (χ1v) is 4.49. The van der Waals surface area contributed by atoms with Gasteiger partial charge in [0, 0.05) is 6.54 Å². The quantitative estimate of drug-likeness (QED) is 0.575. The van der Waals surface area contributed by atoms with E-state index < -0.39 is 12.0 Å². The molecular weight excluding hydrogens is 198 g/mol. The largest absolute Gasteiger partial charge is 0.507 e. The second-order valence-corrected chi connectivity index (χ2v) is 3.23. The molecule has 82 valence electrons. The molecule has 1 amide bonds. The van der Waals surface area contributed by atoms with Crippen molar-refractivity contribution >= 4 is 5.91 Å². The monoisotopic (exact) mass is 211 g/mol. The number of carbonyl (C=O) groups is 1. The van der Waals surface area contributed by atoms with Crippen LogP contribution in [0.1, 0.15) is 17.3 Å². The summed E-state index contributed by atoms with van der Waals surface area (Å²) in [5.74, 6) is -1.21. The van der Waals surface area contributed by atoms with Crippen LogP contribution >= 0.6 is 0 Å². The molecular formula is C10H13NO4. The van der Waals surface area contributed by atoms with Gasteiger partial charge in [0.15, 0.2) is 0 Å². The summed E-state index contributed by atoms with van der Waals surface area (Å²) in [7, 11) is 0. The first kappa shape index (κ1) is 11.3. The Bertz CT molecular complexity index is 342. The Labute approximate surface area is 87.0 Å². The van der Waals surface area contributed by atoms with E-state index in [0.29, 0.717) is 0 Å². The van der Waals surface area contributed by atoms with Crippen molar-refractivity contribution < 1.29 is 20.1 Å². The molecule has 0 fully saturated rings. The summed E-state index contributed by atoms with van der Waals surface area (Å²) in [6, 6.07) is 4.03. The molecule has 0 aromatic heterocycles. The summed E-state index contributed by atoms with van der Waals surface area (Å²) in [4.78, 5) is 11.4. The van der Waals surface area contributed by atoms with E-state index in [0.717, 1.165) is 0 Å². The van der Waals surface area contributed by atoms with Crippen molar-refractivity contribution in [1.82, 2.24) is 5.32 Å². The third kappa shape index (κ3) is 2.85. The SMILES string of the molecule is C[C@H](O)CNC(=O)c1c(O)cccc1O. The Kier molecular flexibility index (Phi) is 3.51. The van der Waals surface area contributed by atoms with Gasteiger partial charge in [0.25, 0.3) is 5.91 Å². The molecule has 15 heavy (non-hydrogen) atoms. The molecule has 5 nitrogen and oxygen atoms in total. The zero-order chi connectivity index (χ0) is 11.4. The Morgan fingerprint density at radius 2 is 1.93 bits per heavy atom. The standard InChI is InChI=1S/C10H13NO4/c1-6(12)5-11-10(15)9-7(13)3-2-4-8(9)14/h2-4,6,12-14H,5H2,1H3,(H,11,15)/t6-/m0/s1. The van der Waals surface area contributed by atoms with E-state index in [9.17, 15) is 15.0 Å². The maximum absolute atomic E-state index is 11.4. The molecule has 1 rings (SSSR count). The number of aromatic hydroxyl groups is 2. The first-order chi connectivity index (χ1) is 7.02. The highest BCUT2D eigenvalue weighted by Gasteiger charge is 2.15. The number of phenols is 2. The minimum atomic E-state index is -0.679. The van der Waals surface area contributed by atoms with E-state index in [1.165, 1.54) is 25.1 Å². The van der Waals surface area contributed by atoms with E-state index in [-0.39, 0.29) is 23.6 Å². The molecule has 0 bridgehead atoms. The molecule has 0 saturated carbocycles. The van der Waals surface area contributed by atoms with E-state index in [1.807, 2.05) is 0 Å². The fourth-order valence-corrected chi connectivity index (χ4v) is 1.09. The van der Waals surface area contributed by atoms with Gasteiger partial charge < -0.3 is 20.6 Å². The van der Waals surface area contributed by atoms with Crippen molar-refractivity contribution in [2.75, 3.05) is 6.54 Å². The van der Waals surface area contributed by atoms with Gasteiger partial charge in [-0.3, -0.25) is 4.79 Å². The average molecular weight is 211 g/mol. The number of hydrogen-bond donors (Lipinski definition) is 4. The lowest BCUT2D eigenvalue weighted by Gasteiger charge is -2.09. The molecule has 0 radical (unpaired) electrons.